The van der Waals surface area contributed by atoms with E-state index >= 15 is 0 Å². The van der Waals surface area contributed by atoms with E-state index in [0.29, 0.717) is 5.56 Å². The van der Waals surface area contributed by atoms with Crippen LogP contribution in [0.5, 0.6) is 5.75 Å². The van der Waals surface area contributed by atoms with Crippen molar-refractivity contribution in [2.75, 3.05) is 0 Å². The maximum absolute atomic E-state index is 12.3. The van der Waals surface area contributed by atoms with Crippen LogP contribution in [0, 0.1) is 20.8 Å². The Morgan fingerprint density at radius 3 is 2.30 bits per heavy atom. The molecule has 0 aliphatic carbocycles. The van der Waals surface area contributed by atoms with E-state index in [-0.39, 0.29) is 5.78 Å². The molecule has 104 valence electrons. The molecule has 0 aliphatic rings. The second-order valence-corrected chi connectivity index (χ2v) is 5.19. The number of ether oxygens (including phenoxy) is 1. The van der Waals surface area contributed by atoms with Crippen molar-refractivity contribution in [1.82, 2.24) is 0 Å². The van der Waals surface area contributed by atoms with Gasteiger partial charge in [0, 0.05) is 5.56 Å². The minimum Gasteiger partial charge on any atom is -0.482 e. The molecular weight excluding hydrogens is 248 g/mol. The van der Waals surface area contributed by atoms with Gasteiger partial charge in [-0.3, -0.25) is 4.79 Å². The van der Waals surface area contributed by atoms with Crippen LogP contribution in [-0.2, 0) is 0 Å². The van der Waals surface area contributed by atoms with Crippen molar-refractivity contribution in [1.29, 1.82) is 0 Å². The van der Waals surface area contributed by atoms with E-state index < -0.39 is 6.10 Å². The fourth-order valence-electron chi connectivity index (χ4n) is 2.05. The number of Topliss-reactive ketones (excluding diaryl/α,β-unsaturated/α-hetero) is 1. The Balaban J connectivity index is 2.15. The molecule has 2 aromatic carbocycles. The first-order valence-corrected chi connectivity index (χ1v) is 6.83. The third kappa shape index (κ3) is 3.08. The topological polar surface area (TPSA) is 26.3 Å². The monoisotopic (exact) mass is 268 g/mol. The molecule has 0 fully saturated rings. The minimum absolute atomic E-state index is 0.00547. The van der Waals surface area contributed by atoms with Crippen molar-refractivity contribution in [2.45, 2.75) is 33.8 Å². The smallest absolute Gasteiger partial charge is 0.202 e. The highest BCUT2D eigenvalue weighted by molar-refractivity contribution is 5.99. The van der Waals surface area contributed by atoms with Crippen LogP contribution in [0.3, 0.4) is 0 Å². The highest BCUT2D eigenvalue weighted by Crippen LogP contribution is 2.22. The van der Waals surface area contributed by atoms with Crippen molar-refractivity contribution >= 4 is 5.78 Å². The number of aryl methyl sites for hydroxylation is 2. The summed E-state index contributed by atoms with van der Waals surface area (Å²) in [6, 6.07) is 13.5. The molecule has 0 aromatic heterocycles. The van der Waals surface area contributed by atoms with Crippen molar-refractivity contribution in [3.8, 4) is 5.75 Å². The molecule has 20 heavy (non-hydrogen) atoms. The summed E-state index contributed by atoms with van der Waals surface area (Å²) in [5.74, 6) is 0.781. The Kier molecular flexibility index (Phi) is 4.23. The normalized spacial score (nSPS) is 12.0. The van der Waals surface area contributed by atoms with Crippen molar-refractivity contribution in [3.05, 3.63) is 64.7 Å². The SMILES string of the molecule is Cc1ccc(C(=O)C(C)Oc2cccc(C)c2C)cc1. The first kappa shape index (κ1) is 14.3. The van der Waals surface area contributed by atoms with Gasteiger partial charge in [-0.2, -0.15) is 0 Å². The van der Waals surface area contributed by atoms with Gasteiger partial charge in [0.1, 0.15) is 5.75 Å². The summed E-state index contributed by atoms with van der Waals surface area (Å²) >= 11 is 0. The third-order valence-electron chi connectivity index (χ3n) is 3.56. The molecule has 0 amide bonds. The van der Waals surface area contributed by atoms with E-state index in [9.17, 15) is 4.79 Å². The standard InChI is InChI=1S/C18H20O2/c1-12-8-10-16(11-9-12)18(19)15(4)20-17-7-5-6-13(2)14(17)3/h5-11,15H,1-4H3. The van der Waals surface area contributed by atoms with Crippen molar-refractivity contribution < 1.29 is 9.53 Å². The summed E-state index contributed by atoms with van der Waals surface area (Å²) in [6.45, 7) is 7.84. The summed E-state index contributed by atoms with van der Waals surface area (Å²) in [7, 11) is 0. The zero-order chi connectivity index (χ0) is 14.7. The number of ketones is 1. The lowest BCUT2D eigenvalue weighted by Gasteiger charge is -2.16. The first-order chi connectivity index (χ1) is 9.49. The molecule has 0 saturated carbocycles. The number of benzene rings is 2. The number of hydrogen-bond donors (Lipinski definition) is 0. The lowest BCUT2D eigenvalue weighted by atomic mass is 10.1. The predicted octanol–water partition coefficient (Wildman–Crippen LogP) is 4.26. The van der Waals surface area contributed by atoms with Gasteiger partial charge in [-0.1, -0.05) is 42.0 Å². The number of carbonyl (C=O) groups excluding carboxylic acids is 1. The fraction of sp³-hybridized carbons (Fsp3) is 0.278. The predicted molar refractivity (Wildman–Crippen MR) is 81.5 cm³/mol. The Morgan fingerprint density at radius 1 is 1.00 bits per heavy atom. The Hall–Kier alpha value is -2.09. The second-order valence-electron chi connectivity index (χ2n) is 5.19. The number of carbonyl (C=O) groups is 1. The van der Waals surface area contributed by atoms with E-state index in [1.807, 2.05) is 63.2 Å². The first-order valence-electron chi connectivity index (χ1n) is 6.83. The quantitative estimate of drug-likeness (QED) is 0.774. The molecular formula is C18H20O2. The summed E-state index contributed by atoms with van der Waals surface area (Å²) in [6.07, 6.45) is -0.488. The Morgan fingerprint density at radius 2 is 1.65 bits per heavy atom. The van der Waals surface area contributed by atoms with Crippen LogP contribution in [0.15, 0.2) is 42.5 Å². The van der Waals surface area contributed by atoms with Crippen LogP contribution < -0.4 is 4.74 Å². The zero-order valence-electron chi connectivity index (χ0n) is 12.4. The highest BCUT2D eigenvalue weighted by Gasteiger charge is 2.17. The molecule has 0 N–H and O–H groups in total. The van der Waals surface area contributed by atoms with Gasteiger partial charge in [0.2, 0.25) is 5.78 Å². The summed E-state index contributed by atoms with van der Waals surface area (Å²) in [5, 5.41) is 0. The maximum Gasteiger partial charge on any atom is 0.202 e. The minimum atomic E-state index is -0.488. The fourth-order valence-corrected chi connectivity index (χ4v) is 2.05. The zero-order valence-corrected chi connectivity index (χ0v) is 12.4. The van der Waals surface area contributed by atoms with E-state index in [4.69, 9.17) is 4.74 Å². The van der Waals surface area contributed by atoms with E-state index in [1.54, 1.807) is 6.92 Å². The molecule has 0 radical (unpaired) electrons. The van der Waals surface area contributed by atoms with Gasteiger partial charge in [0.15, 0.2) is 6.10 Å². The van der Waals surface area contributed by atoms with E-state index in [2.05, 4.69) is 0 Å². The van der Waals surface area contributed by atoms with E-state index in [0.717, 1.165) is 22.4 Å². The van der Waals surface area contributed by atoms with Gasteiger partial charge in [0.25, 0.3) is 0 Å². The van der Waals surface area contributed by atoms with Gasteiger partial charge in [-0.15, -0.1) is 0 Å². The van der Waals surface area contributed by atoms with E-state index in [1.165, 1.54) is 0 Å². The van der Waals surface area contributed by atoms with Crippen LogP contribution in [0.25, 0.3) is 0 Å². The lowest BCUT2D eigenvalue weighted by molar-refractivity contribution is 0.0817. The molecule has 2 heteroatoms. The van der Waals surface area contributed by atoms with Crippen LogP contribution in [0.2, 0.25) is 0 Å². The second kappa shape index (κ2) is 5.91. The molecule has 1 unspecified atom stereocenters. The molecule has 0 bridgehead atoms. The molecule has 2 nitrogen and oxygen atoms in total. The summed E-state index contributed by atoms with van der Waals surface area (Å²) in [4.78, 5) is 12.3. The maximum atomic E-state index is 12.3. The van der Waals surface area contributed by atoms with Crippen LogP contribution in [0.4, 0.5) is 0 Å². The van der Waals surface area contributed by atoms with Gasteiger partial charge >= 0.3 is 0 Å². The van der Waals surface area contributed by atoms with Gasteiger partial charge in [0.05, 0.1) is 0 Å². The molecule has 0 spiro atoms. The van der Waals surface area contributed by atoms with Crippen LogP contribution in [0.1, 0.15) is 34.0 Å². The molecule has 1 atom stereocenters. The molecule has 0 aliphatic heterocycles. The van der Waals surface area contributed by atoms with Gasteiger partial charge in [-0.05, 0) is 44.9 Å². The van der Waals surface area contributed by atoms with Crippen molar-refractivity contribution in [3.63, 3.8) is 0 Å². The van der Waals surface area contributed by atoms with Crippen LogP contribution >= 0.6 is 0 Å². The van der Waals surface area contributed by atoms with Gasteiger partial charge in [-0.25, -0.2) is 0 Å². The summed E-state index contributed by atoms with van der Waals surface area (Å²) < 4.78 is 5.82. The molecule has 0 heterocycles. The number of hydrogen-bond acceptors (Lipinski definition) is 2. The average Bonchev–Trinajstić information content (AvgIpc) is 2.44. The van der Waals surface area contributed by atoms with Gasteiger partial charge < -0.3 is 4.74 Å². The van der Waals surface area contributed by atoms with Crippen LogP contribution in [-0.4, -0.2) is 11.9 Å². The van der Waals surface area contributed by atoms with Crippen molar-refractivity contribution in [2.24, 2.45) is 0 Å². The third-order valence-corrected chi connectivity index (χ3v) is 3.56. The largest absolute Gasteiger partial charge is 0.482 e. The molecule has 2 aromatic rings. The Bertz CT molecular complexity index is 612. The molecule has 0 saturated heterocycles. The summed E-state index contributed by atoms with van der Waals surface area (Å²) in [5.41, 5.74) is 4.08. The Labute approximate surface area is 120 Å². The average molecular weight is 268 g/mol. The number of rotatable bonds is 4. The lowest BCUT2D eigenvalue weighted by Crippen LogP contribution is -2.24. The molecule has 2 rings (SSSR count). The highest BCUT2D eigenvalue weighted by atomic mass is 16.5.